The van der Waals surface area contributed by atoms with Gasteiger partial charge in [-0.3, -0.25) is 19.2 Å². The Hall–Kier alpha value is -2.23. The predicted octanol–water partition coefficient (Wildman–Crippen LogP) is 10.8. The van der Waals surface area contributed by atoms with Crippen molar-refractivity contribution in [3.8, 4) is 0 Å². The smallest absolute Gasteiger partial charge is 0.258 e. The van der Waals surface area contributed by atoms with Crippen molar-refractivity contribution in [2.75, 3.05) is 10.6 Å². The molecule has 1 aliphatic carbocycles. The van der Waals surface area contributed by atoms with Crippen molar-refractivity contribution in [3.05, 3.63) is 121 Å². The Morgan fingerprint density at radius 3 is 1.42 bits per heavy atom. The number of amides is 2. The van der Waals surface area contributed by atoms with Gasteiger partial charge in [-0.15, -0.1) is 0 Å². The minimum atomic E-state index is -0.911. The van der Waals surface area contributed by atoms with Gasteiger partial charge >= 0.3 is 0 Å². The maximum Gasteiger partial charge on any atom is 0.258 e. The second kappa shape index (κ2) is 12.3. The number of halogens is 9. The molecule has 0 saturated heterocycles. The van der Waals surface area contributed by atoms with Crippen LogP contribution in [0.1, 0.15) is 52.6 Å². The average molecular weight is 756 g/mol. The summed E-state index contributed by atoms with van der Waals surface area (Å²) in [6.07, 6.45) is 0. The van der Waals surface area contributed by atoms with Gasteiger partial charge in [-0.05, 0) is 18.2 Å². The van der Waals surface area contributed by atoms with E-state index in [1.807, 2.05) is 0 Å². The zero-order valence-electron chi connectivity index (χ0n) is 20.6. The van der Waals surface area contributed by atoms with Gasteiger partial charge in [0.05, 0.1) is 78.8 Å². The Balaban J connectivity index is 1.64. The van der Waals surface area contributed by atoms with Gasteiger partial charge < -0.3 is 10.6 Å². The summed E-state index contributed by atoms with van der Waals surface area (Å²) in [5.41, 5.74) is -0.914. The monoisotopic (exact) mass is 752 g/mol. The van der Waals surface area contributed by atoms with Crippen LogP contribution in [-0.4, -0.2) is 23.4 Å². The second-order valence-corrected chi connectivity index (χ2v) is 12.2. The molecule has 0 unspecified atom stereocenters. The summed E-state index contributed by atoms with van der Waals surface area (Å²) in [6.45, 7) is 0. The quantitative estimate of drug-likeness (QED) is 0.141. The molecule has 4 aromatic rings. The first-order chi connectivity index (χ1) is 20.3. The van der Waals surface area contributed by atoms with Crippen LogP contribution in [0.5, 0.6) is 0 Å². The molecule has 43 heavy (non-hydrogen) atoms. The molecule has 0 bridgehead atoms. The predicted molar refractivity (Wildman–Crippen MR) is 174 cm³/mol. The third-order valence-corrected chi connectivity index (χ3v) is 10.4. The van der Waals surface area contributed by atoms with E-state index in [0.29, 0.717) is 0 Å². The lowest BCUT2D eigenvalue weighted by Gasteiger charge is -2.23. The van der Waals surface area contributed by atoms with Gasteiger partial charge in [0.2, 0.25) is 0 Å². The van der Waals surface area contributed by atoms with Gasteiger partial charge in [0.1, 0.15) is 0 Å². The number of benzene rings is 4. The van der Waals surface area contributed by atoms with Gasteiger partial charge in [0, 0.05) is 11.1 Å². The molecule has 2 amide bonds. The second-order valence-electron chi connectivity index (χ2n) is 8.82. The summed E-state index contributed by atoms with van der Waals surface area (Å²) in [6, 6.07) is 9.88. The van der Waals surface area contributed by atoms with E-state index in [4.69, 9.17) is 104 Å². The van der Waals surface area contributed by atoms with Crippen molar-refractivity contribution >= 4 is 139 Å². The van der Waals surface area contributed by atoms with Crippen LogP contribution in [0.25, 0.3) is 0 Å². The van der Waals surface area contributed by atoms with Crippen LogP contribution in [0, 0.1) is 0 Å². The molecule has 0 fully saturated rings. The van der Waals surface area contributed by atoms with Gasteiger partial charge in [-0.1, -0.05) is 129 Å². The molecule has 5 rings (SSSR count). The lowest BCUT2D eigenvalue weighted by atomic mass is 9.82. The van der Waals surface area contributed by atoms with E-state index < -0.39 is 23.4 Å². The maximum atomic E-state index is 13.8. The van der Waals surface area contributed by atoms with Gasteiger partial charge in [0.25, 0.3) is 11.8 Å². The van der Waals surface area contributed by atoms with Crippen molar-refractivity contribution in [1.29, 1.82) is 0 Å². The summed E-state index contributed by atoms with van der Waals surface area (Å²) in [5.74, 6) is -2.95. The molecular formula is C28H9Cl9N2O4. The van der Waals surface area contributed by atoms with E-state index >= 15 is 0 Å². The van der Waals surface area contributed by atoms with E-state index in [-0.39, 0.29) is 90.0 Å². The van der Waals surface area contributed by atoms with E-state index in [2.05, 4.69) is 10.6 Å². The first-order valence-corrected chi connectivity index (χ1v) is 15.0. The van der Waals surface area contributed by atoms with Gasteiger partial charge in [-0.25, -0.2) is 0 Å². The number of hydrogen-bond acceptors (Lipinski definition) is 4. The minimum Gasteiger partial charge on any atom is -0.321 e. The summed E-state index contributed by atoms with van der Waals surface area (Å²) in [4.78, 5) is 54.2. The van der Waals surface area contributed by atoms with E-state index in [1.165, 1.54) is 30.3 Å². The number of fused-ring (bicyclic) bond motifs is 2. The Morgan fingerprint density at radius 1 is 0.512 bits per heavy atom. The van der Waals surface area contributed by atoms with Crippen molar-refractivity contribution in [3.63, 3.8) is 0 Å². The Labute approximate surface area is 288 Å². The molecular weight excluding hydrogens is 747 g/mol. The normalized spacial score (nSPS) is 12.1. The first kappa shape index (κ1) is 32.2. The lowest BCUT2D eigenvalue weighted by Crippen LogP contribution is -2.26. The summed E-state index contributed by atoms with van der Waals surface area (Å²) in [7, 11) is 0. The summed E-state index contributed by atoms with van der Waals surface area (Å²) >= 11 is 55.2. The molecule has 0 aromatic heterocycles. The molecule has 0 radical (unpaired) electrons. The summed E-state index contributed by atoms with van der Waals surface area (Å²) < 4.78 is 0. The number of ketones is 2. The highest BCUT2D eigenvalue weighted by Gasteiger charge is 2.35. The number of hydrogen-bond donors (Lipinski definition) is 2. The molecule has 4 aromatic carbocycles. The third-order valence-electron chi connectivity index (χ3n) is 6.36. The van der Waals surface area contributed by atoms with Crippen molar-refractivity contribution < 1.29 is 19.2 Å². The molecule has 0 saturated carbocycles. The molecule has 0 heterocycles. The van der Waals surface area contributed by atoms with E-state index in [0.717, 1.165) is 0 Å². The highest BCUT2D eigenvalue weighted by Crippen LogP contribution is 2.45. The van der Waals surface area contributed by atoms with Crippen molar-refractivity contribution in [2.24, 2.45) is 0 Å². The van der Waals surface area contributed by atoms with Crippen LogP contribution >= 0.6 is 104 Å². The minimum absolute atomic E-state index is 0.0405. The van der Waals surface area contributed by atoms with Crippen LogP contribution in [0.15, 0.2) is 42.5 Å². The van der Waals surface area contributed by atoms with Crippen LogP contribution in [0.2, 0.25) is 45.2 Å². The highest BCUT2D eigenvalue weighted by atomic mass is 35.5. The SMILES string of the molecule is O=C(Nc1ccc(NC(=O)c2c(Cl)c(Cl)c(Cl)c(Cl)c2Cl)c2c1C(=O)c1ccccc1C2=O)c1cc(Cl)c(Cl)c(Cl)c1Cl. The van der Waals surface area contributed by atoms with Crippen molar-refractivity contribution in [2.45, 2.75) is 0 Å². The fourth-order valence-corrected chi connectivity index (χ4v) is 6.55. The number of carbonyl (C=O) groups excluding carboxylic acids is 4. The van der Waals surface area contributed by atoms with Crippen molar-refractivity contribution in [1.82, 2.24) is 0 Å². The molecule has 0 atom stereocenters. The molecule has 0 spiro atoms. The van der Waals surface area contributed by atoms with Crippen LogP contribution in [0.3, 0.4) is 0 Å². The Morgan fingerprint density at radius 2 is 0.930 bits per heavy atom. The third kappa shape index (κ3) is 5.48. The van der Waals surface area contributed by atoms with E-state index in [1.54, 1.807) is 12.1 Å². The first-order valence-electron chi connectivity index (χ1n) is 11.6. The zero-order chi connectivity index (χ0) is 31.5. The molecule has 2 N–H and O–H groups in total. The zero-order valence-corrected chi connectivity index (χ0v) is 27.4. The van der Waals surface area contributed by atoms with Crippen LogP contribution < -0.4 is 10.6 Å². The van der Waals surface area contributed by atoms with E-state index in [9.17, 15) is 19.2 Å². The largest absolute Gasteiger partial charge is 0.321 e. The van der Waals surface area contributed by atoms with Crippen LogP contribution in [-0.2, 0) is 0 Å². The summed E-state index contributed by atoms with van der Waals surface area (Å²) in [5, 5.41) is 3.51. The Bertz CT molecular complexity index is 1930. The average Bonchev–Trinajstić information content (AvgIpc) is 2.99. The number of rotatable bonds is 4. The number of carbonyl (C=O) groups is 4. The number of anilines is 2. The lowest BCUT2D eigenvalue weighted by molar-refractivity contribution is 0.0977. The fourth-order valence-electron chi connectivity index (χ4n) is 4.35. The Kier molecular flexibility index (Phi) is 9.19. The maximum absolute atomic E-state index is 13.8. The standard InChI is InChI=1S/C28H9Cl9N2O4/c29-11-7-10(17(30)21(34)18(11)31)27(42)38-12-5-6-13(15-14(12)25(40)8-3-1-2-4-9(8)26(15)41)39-28(43)16-19(32)22(35)24(37)23(36)20(16)33/h1-7H,(H,38,42)(H,39,43). The molecule has 6 nitrogen and oxygen atoms in total. The highest BCUT2D eigenvalue weighted by molar-refractivity contribution is 6.57. The molecule has 0 aliphatic heterocycles. The number of nitrogens with one attached hydrogen (secondary N) is 2. The molecule has 218 valence electrons. The topological polar surface area (TPSA) is 92.3 Å². The van der Waals surface area contributed by atoms with Gasteiger partial charge in [0.15, 0.2) is 11.6 Å². The van der Waals surface area contributed by atoms with Crippen LogP contribution in [0.4, 0.5) is 11.4 Å². The molecule has 1 aliphatic rings. The molecule has 15 heteroatoms. The van der Waals surface area contributed by atoms with Gasteiger partial charge in [-0.2, -0.15) is 0 Å². The fraction of sp³-hybridized carbons (Fsp3) is 0.